The summed E-state index contributed by atoms with van der Waals surface area (Å²) in [5, 5.41) is 29.3. The summed E-state index contributed by atoms with van der Waals surface area (Å²) in [6, 6.07) is 25.5. The van der Waals surface area contributed by atoms with E-state index in [0.717, 1.165) is 27.2 Å². The van der Waals surface area contributed by atoms with Crippen LogP contribution >= 0.6 is 0 Å². The van der Waals surface area contributed by atoms with Crippen molar-refractivity contribution in [1.82, 2.24) is 26.0 Å². The molecule has 0 heterocycles. The van der Waals surface area contributed by atoms with Crippen molar-refractivity contribution in [2.45, 2.75) is 85.2 Å². The molecule has 0 aromatic heterocycles. The topological polar surface area (TPSA) is 151 Å². The molecule has 3 aromatic carbocycles. The molecule has 0 bridgehead atoms. The van der Waals surface area contributed by atoms with Crippen molar-refractivity contribution >= 4 is 23.8 Å². The number of hydrogen-bond acceptors (Lipinski definition) is 6. The van der Waals surface area contributed by atoms with Gasteiger partial charge in [0.05, 0.1) is 12.1 Å². The molecule has 4 amide bonds. The van der Waals surface area contributed by atoms with Crippen LogP contribution in [0.5, 0.6) is 0 Å². The lowest BCUT2D eigenvalue weighted by Crippen LogP contribution is -2.64. The lowest BCUT2D eigenvalue weighted by molar-refractivity contribution is -0.142. The van der Waals surface area contributed by atoms with Crippen LogP contribution in [0.2, 0.25) is 0 Å². The average Bonchev–Trinajstić information content (AvgIpc) is 3.06. The molecule has 3 aromatic rings. The fraction of sp³-hybridized carbons (Fsp3) is 0.450. The van der Waals surface area contributed by atoms with E-state index >= 15 is 0 Å². The van der Waals surface area contributed by atoms with Crippen molar-refractivity contribution in [2.75, 3.05) is 13.6 Å². The Balaban J connectivity index is 1.60. The molecule has 5 N–H and O–H groups in total. The van der Waals surface area contributed by atoms with Crippen LogP contribution in [0.15, 0.2) is 84.9 Å². The largest absolute Gasteiger partial charge is 0.465 e. The van der Waals surface area contributed by atoms with E-state index in [2.05, 4.69) is 16.1 Å². The second kappa shape index (κ2) is 16.5. The SMILES string of the molecule is CC(=O)N[C@@H]1C[C@H](C(=O)N[C@@H](Cc2ccccc2)[C@@H](O)CN(Cc2ccc(-c3ccccc3)cc2)NC(=O)[C@@H](N(C)C(=O)O)C(C)(C)C)C1(C)C. The third-order valence-corrected chi connectivity index (χ3v) is 9.92. The predicted molar refractivity (Wildman–Crippen MR) is 197 cm³/mol. The number of carbonyl (C=O) groups excluding carboxylic acids is 3. The van der Waals surface area contributed by atoms with E-state index in [4.69, 9.17) is 0 Å². The summed E-state index contributed by atoms with van der Waals surface area (Å²) in [7, 11) is 1.36. The summed E-state index contributed by atoms with van der Waals surface area (Å²) in [6.07, 6.45) is -1.56. The summed E-state index contributed by atoms with van der Waals surface area (Å²) >= 11 is 0. The maximum Gasteiger partial charge on any atom is 0.407 e. The van der Waals surface area contributed by atoms with Crippen molar-refractivity contribution in [3.63, 3.8) is 0 Å². The van der Waals surface area contributed by atoms with Gasteiger partial charge in [-0.25, -0.2) is 9.80 Å². The number of nitrogens with one attached hydrogen (secondary N) is 3. The Labute approximate surface area is 301 Å². The Bertz CT molecular complexity index is 1640. The number of rotatable bonds is 14. The Morgan fingerprint density at radius 3 is 1.98 bits per heavy atom. The minimum absolute atomic E-state index is 0.0693. The molecule has 1 fully saturated rings. The monoisotopic (exact) mass is 699 g/mol. The molecule has 4 rings (SSSR count). The first-order valence-electron chi connectivity index (χ1n) is 17.4. The normalized spacial score (nSPS) is 18.5. The van der Waals surface area contributed by atoms with Crippen LogP contribution in [-0.2, 0) is 27.3 Å². The fourth-order valence-corrected chi connectivity index (χ4v) is 6.93. The molecular weight excluding hydrogens is 646 g/mol. The minimum Gasteiger partial charge on any atom is -0.465 e. The maximum atomic E-state index is 13.9. The number of benzene rings is 3. The van der Waals surface area contributed by atoms with Crippen LogP contribution in [0.25, 0.3) is 11.1 Å². The quantitative estimate of drug-likeness (QED) is 0.151. The molecule has 11 heteroatoms. The first-order chi connectivity index (χ1) is 24.0. The van der Waals surface area contributed by atoms with Crippen LogP contribution in [0.1, 0.15) is 59.1 Å². The van der Waals surface area contributed by atoms with Crippen molar-refractivity contribution in [2.24, 2.45) is 16.7 Å². The molecule has 1 aliphatic carbocycles. The Hall–Kier alpha value is -4.74. The first-order valence-corrected chi connectivity index (χ1v) is 17.4. The molecule has 0 aliphatic heterocycles. The lowest BCUT2D eigenvalue weighted by atomic mass is 9.58. The van der Waals surface area contributed by atoms with Gasteiger partial charge in [-0.3, -0.25) is 24.7 Å². The first kappa shape index (κ1) is 39.1. The van der Waals surface area contributed by atoms with Crippen LogP contribution < -0.4 is 16.1 Å². The summed E-state index contributed by atoms with van der Waals surface area (Å²) in [5.41, 5.74) is 5.54. The molecule has 51 heavy (non-hydrogen) atoms. The number of hydrogen-bond donors (Lipinski definition) is 5. The third kappa shape index (κ3) is 10.2. The van der Waals surface area contributed by atoms with Gasteiger partial charge < -0.3 is 20.8 Å². The van der Waals surface area contributed by atoms with Crippen LogP contribution in [0.3, 0.4) is 0 Å². The zero-order chi connectivity index (χ0) is 37.5. The Kier molecular flexibility index (Phi) is 12.6. The molecule has 5 atom stereocenters. The van der Waals surface area contributed by atoms with Crippen molar-refractivity contribution in [3.05, 3.63) is 96.1 Å². The number of hydrazine groups is 1. The summed E-state index contributed by atoms with van der Waals surface area (Å²) in [6.45, 7) is 10.9. The van der Waals surface area contributed by atoms with Gasteiger partial charge in [-0.1, -0.05) is 120 Å². The van der Waals surface area contributed by atoms with E-state index in [1.54, 1.807) is 25.8 Å². The van der Waals surface area contributed by atoms with Crippen molar-refractivity contribution in [1.29, 1.82) is 0 Å². The van der Waals surface area contributed by atoms with Crippen LogP contribution in [0.4, 0.5) is 4.79 Å². The van der Waals surface area contributed by atoms with E-state index < -0.39 is 41.0 Å². The average molecular weight is 700 g/mol. The van der Waals surface area contributed by atoms with Gasteiger partial charge in [0.25, 0.3) is 5.91 Å². The number of carbonyl (C=O) groups is 4. The highest BCUT2D eigenvalue weighted by Crippen LogP contribution is 2.46. The molecule has 1 saturated carbocycles. The Morgan fingerprint density at radius 1 is 0.882 bits per heavy atom. The van der Waals surface area contributed by atoms with Crippen LogP contribution in [-0.4, -0.2) is 81.8 Å². The Morgan fingerprint density at radius 2 is 1.45 bits per heavy atom. The summed E-state index contributed by atoms with van der Waals surface area (Å²) in [4.78, 5) is 52.3. The van der Waals surface area contributed by atoms with Crippen LogP contribution in [0, 0.1) is 16.7 Å². The zero-order valence-electron chi connectivity index (χ0n) is 30.7. The van der Waals surface area contributed by atoms with Gasteiger partial charge in [0.15, 0.2) is 0 Å². The number of aliphatic hydroxyl groups is 1. The van der Waals surface area contributed by atoms with Gasteiger partial charge in [-0.2, -0.15) is 0 Å². The summed E-state index contributed by atoms with van der Waals surface area (Å²) < 4.78 is 0. The molecular formula is C40H53N5O6. The molecule has 0 unspecified atom stereocenters. The van der Waals surface area contributed by atoms with Gasteiger partial charge >= 0.3 is 6.09 Å². The van der Waals surface area contributed by atoms with E-state index in [0.29, 0.717) is 12.8 Å². The standard InChI is InChI=1S/C40H53N5O6/c1-26(46)41-34-23-31(40(34,5)6)36(48)42-32(22-27-14-10-8-11-15-27)33(47)25-45(43-37(49)35(39(2,3)4)44(7)38(50)51)24-28-18-20-30(21-19-28)29-16-12-9-13-17-29/h8-21,31-35,47H,22-25H2,1-7H3,(H,41,46)(H,42,48)(H,43,49)(H,50,51)/t31-,32+,33+,34-,35-/m1/s1. The number of amides is 4. The van der Waals surface area contributed by atoms with Crippen molar-refractivity contribution in [3.8, 4) is 11.1 Å². The number of carboxylic acid groups (broad SMARTS) is 1. The number of likely N-dealkylation sites (N-methyl/N-ethyl adjacent to an activating group) is 1. The second-order valence-electron chi connectivity index (χ2n) is 15.3. The maximum absolute atomic E-state index is 13.9. The van der Waals surface area contributed by atoms with E-state index in [1.807, 2.05) is 98.8 Å². The molecule has 0 spiro atoms. The number of aliphatic hydroxyl groups excluding tert-OH is 1. The van der Waals surface area contributed by atoms with E-state index in [-0.39, 0.29) is 36.9 Å². The molecule has 0 radical (unpaired) electrons. The van der Waals surface area contributed by atoms with Gasteiger partial charge in [0, 0.05) is 39.0 Å². The predicted octanol–water partition coefficient (Wildman–Crippen LogP) is 4.85. The third-order valence-electron chi connectivity index (χ3n) is 9.92. The molecule has 1 aliphatic rings. The molecule has 0 saturated heterocycles. The van der Waals surface area contributed by atoms with Gasteiger partial charge in [0.1, 0.15) is 6.04 Å². The minimum atomic E-state index is -1.24. The molecule has 11 nitrogen and oxygen atoms in total. The van der Waals surface area contributed by atoms with Gasteiger partial charge in [0.2, 0.25) is 11.8 Å². The van der Waals surface area contributed by atoms with E-state index in [1.165, 1.54) is 14.0 Å². The smallest absolute Gasteiger partial charge is 0.407 e. The number of nitrogens with zero attached hydrogens (tertiary/aromatic N) is 2. The highest BCUT2D eigenvalue weighted by molar-refractivity contribution is 5.85. The van der Waals surface area contributed by atoms with Gasteiger partial charge in [-0.15, -0.1) is 0 Å². The summed E-state index contributed by atoms with van der Waals surface area (Å²) in [5.74, 6) is -1.28. The van der Waals surface area contributed by atoms with E-state index in [9.17, 15) is 29.4 Å². The molecule has 274 valence electrons. The highest BCUT2D eigenvalue weighted by Gasteiger charge is 2.52. The second-order valence-corrected chi connectivity index (χ2v) is 15.3. The van der Waals surface area contributed by atoms with Gasteiger partial charge in [-0.05, 0) is 45.9 Å². The van der Waals surface area contributed by atoms with Crippen molar-refractivity contribution < 1.29 is 29.4 Å². The fourth-order valence-electron chi connectivity index (χ4n) is 6.93. The zero-order valence-corrected chi connectivity index (χ0v) is 30.7. The highest BCUT2D eigenvalue weighted by atomic mass is 16.4. The lowest BCUT2D eigenvalue weighted by Gasteiger charge is -2.51.